The third kappa shape index (κ3) is 3.64. The molecule has 102 valence electrons. The molecule has 0 saturated carbocycles. The molecule has 0 saturated heterocycles. The summed E-state index contributed by atoms with van der Waals surface area (Å²) in [7, 11) is 0. The van der Waals surface area contributed by atoms with Crippen LogP contribution in [0.4, 0.5) is 4.39 Å². The molecule has 2 rings (SSSR count). The van der Waals surface area contributed by atoms with Crippen LogP contribution in [0.5, 0.6) is 0 Å². The normalized spacial score (nSPS) is 12.6. The molecule has 0 bridgehead atoms. The molecule has 1 unspecified atom stereocenters. The van der Waals surface area contributed by atoms with E-state index in [0.29, 0.717) is 12.0 Å². The van der Waals surface area contributed by atoms with Crippen LogP contribution in [-0.2, 0) is 6.42 Å². The molecule has 0 fully saturated rings. The highest BCUT2D eigenvalue weighted by molar-refractivity contribution is 7.09. The topological polar surface area (TPSA) is 20.2 Å². The van der Waals surface area contributed by atoms with Crippen molar-refractivity contribution in [2.75, 3.05) is 0 Å². The highest BCUT2D eigenvalue weighted by Gasteiger charge is 2.15. The number of benzene rings is 1. The molecule has 2 aromatic rings. The van der Waals surface area contributed by atoms with Gasteiger partial charge in [-0.15, -0.1) is 11.3 Å². The molecule has 3 heteroatoms. The quantitative estimate of drug-likeness (QED) is 0.850. The van der Waals surface area contributed by atoms with Gasteiger partial charge in [0.25, 0.3) is 0 Å². The SMILES string of the molecule is Cc1cc(C)c(C(O)CCCc2cccs2)c(F)c1. The summed E-state index contributed by atoms with van der Waals surface area (Å²) in [6, 6.07) is 7.53. The molecule has 0 aliphatic rings. The highest BCUT2D eigenvalue weighted by atomic mass is 32.1. The first kappa shape index (κ1) is 14.2. The maximum Gasteiger partial charge on any atom is 0.129 e. The number of hydrogen-bond acceptors (Lipinski definition) is 2. The van der Waals surface area contributed by atoms with Gasteiger partial charge in [0.05, 0.1) is 6.10 Å². The van der Waals surface area contributed by atoms with Crippen molar-refractivity contribution in [3.8, 4) is 0 Å². The Morgan fingerprint density at radius 3 is 2.74 bits per heavy atom. The second kappa shape index (κ2) is 6.31. The zero-order valence-corrected chi connectivity index (χ0v) is 12.1. The van der Waals surface area contributed by atoms with Crippen LogP contribution in [-0.4, -0.2) is 5.11 Å². The maximum absolute atomic E-state index is 13.9. The lowest BCUT2D eigenvalue weighted by Crippen LogP contribution is -2.04. The Hall–Kier alpha value is -1.19. The Kier molecular flexibility index (Phi) is 4.72. The predicted molar refractivity (Wildman–Crippen MR) is 78.1 cm³/mol. The lowest BCUT2D eigenvalue weighted by Gasteiger charge is -2.15. The van der Waals surface area contributed by atoms with Gasteiger partial charge in [-0.05, 0) is 61.7 Å². The molecule has 0 amide bonds. The van der Waals surface area contributed by atoms with Crippen LogP contribution >= 0.6 is 11.3 Å². The summed E-state index contributed by atoms with van der Waals surface area (Å²) in [5.41, 5.74) is 2.18. The van der Waals surface area contributed by atoms with E-state index in [1.54, 1.807) is 11.3 Å². The average Bonchev–Trinajstić information content (AvgIpc) is 2.80. The van der Waals surface area contributed by atoms with E-state index in [2.05, 4.69) is 11.4 Å². The van der Waals surface area contributed by atoms with Gasteiger partial charge in [0.2, 0.25) is 0 Å². The van der Waals surface area contributed by atoms with E-state index in [0.717, 1.165) is 24.0 Å². The van der Waals surface area contributed by atoms with Crippen LogP contribution in [0.3, 0.4) is 0 Å². The Balaban J connectivity index is 1.98. The summed E-state index contributed by atoms with van der Waals surface area (Å²) in [6.07, 6.45) is 1.70. The van der Waals surface area contributed by atoms with Crippen LogP contribution in [0.25, 0.3) is 0 Å². The first-order valence-electron chi connectivity index (χ1n) is 6.55. The van der Waals surface area contributed by atoms with Crippen LogP contribution in [0, 0.1) is 19.7 Å². The summed E-state index contributed by atoms with van der Waals surface area (Å²) in [6.45, 7) is 3.72. The first-order chi connectivity index (χ1) is 9.08. The van der Waals surface area contributed by atoms with E-state index < -0.39 is 6.10 Å². The summed E-state index contributed by atoms with van der Waals surface area (Å²) < 4.78 is 13.9. The van der Waals surface area contributed by atoms with E-state index in [9.17, 15) is 9.50 Å². The van der Waals surface area contributed by atoms with Gasteiger partial charge >= 0.3 is 0 Å². The Labute approximate surface area is 117 Å². The Morgan fingerprint density at radius 2 is 2.11 bits per heavy atom. The minimum atomic E-state index is -0.708. The van der Waals surface area contributed by atoms with E-state index >= 15 is 0 Å². The molecule has 1 atom stereocenters. The smallest absolute Gasteiger partial charge is 0.129 e. The van der Waals surface area contributed by atoms with Gasteiger partial charge in [0.1, 0.15) is 5.82 Å². The lowest BCUT2D eigenvalue weighted by atomic mass is 9.97. The molecule has 1 aromatic heterocycles. The molecular formula is C16H19FOS. The fourth-order valence-electron chi connectivity index (χ4n) is 2.42. The number of aliphatic hydroxyl groups is 1. The molecule has 0 aliphatic carbocycles. The van der Waals surface area contributed by atoms with Gasteiger partial charge in [-0.3, -0.25) is 0 Å². The van der Waals surface area contributed by atoms with Gasteiger partial charge < -0.3 is 5.11 Å². The van der Waals surface area contributed by atoms with Crippen molar-refractivity contribution in [1.29, 1.82) is 0 Å². The molecule has 1 heterocycles. The fourth-order valence-corrected chi connectivity index (χ4v) is 3.17. The van der Waals surface area contributed by atoms with Crippen molar-refractivity contribution < 1.29 is 9.50 Å². The standard InChI is InChI=1S/C16H19FOS/c1-11-9-12(2)16(14(17)10-11)15(18)7-3-5-13-6-4-8-19-13/h4,6,8-10,15,18H,3,5,7H2,1-2H3. The van der Waals surface area contributed by atoms with Crippen LogP contribution in [0.2, 0.25) is 0 Å². The zero-order valence-electron chi connectivity index (χ0n) is 11.3. The molecule has 1 nitrogen and oxygen atoms in total. The number of hydrogen-bond donors (Lipinski definition) is 1. The van der Waals surface area contributed by atoms with Crippen LogP contribution in [0.1, 0.15) is 40.5 Å². The fraction of sp³-hybridized carbons (Fsp3) is 0.375. The van der Waals surface area contributed by atoms with Gasteiger partial charge in [0.15, 0.2) is 0 Å². The molecule has 1 N–H and O–H groups in total. The molecule has 19 heavy (non-hydrogen) atoms. The zero-order chi connectivity index (χ0) is 13.8. The number of halogens is 1. The average molecular weight is 278 g/mol. The van der Waals surface area contributed by atoms with E-state index in [1.807, 2.05) is 26.0 Å². The lowest BCUT2D eigenvalue weighted by molar-refractivity contribution is 0.159. The van der Waals surface area contributed by atoms with Crippen LogP contribution in [0.15, 0.2) is 29.6 Å². The monoisotopic (exact) mass is 278 g/mol. The summed E-state index contributed by atoms with van der Waals surface area (Å²) >= 11 is 1.72. The molecule has 0 spiro atoms. The van der Waals surface area contributed by atoms with Gasteiger partial charge in [-0.2, -0.15) is 0 Å². The Bertz CT molecular complexity index is 511. The molecular weight excluding hydrogens is 259 g/mol. The van der Waals surface area contributed by atoms with Crippen molar-refractivity contribution in [3.63, 3.8) is 0 Å². The van der Waals surface area contributed by atoms with Gasteiger partial charge in [-0.25, -0.2) is 4.39 Å². The van der Waals surface area contributed by atoms with Gasteiger partial charge in [-0.1, -0.05) is 12.1 Å². The third-order valence-electron chi connectivity index (χ3n) is 3.29. The summed E-state index contributed by atoms with van der Waals surface area (Å²) in [5.74, 6) is -0.291. The minimum Gasteiger partial charge on any atom is -0.388 e. The van der Waals surface area contributed by atoms with E-state index in [1.165, 1.54) is 10.9 Å². The summed E-state index contributed by atoms with van der Waals surface area (Å²) in [4.78, 5) is 1.31. The van der Waals surface area contributed by atoms with E-state index in [-0.39, 0.29) is 5.82 Å². The second-order valence-corrected chi connectivity index (χ2v) is 6.00. The largest absolute Gasteiger partial charge is 0.388 e. The third-order valence-corrected chi connectivity index (χ3v) is 4.23. The van der Waals surface area contributed by atoms with Crippen molar-refractivity contribution >= 4 is 11.3 Å². The van der Waals surface area contributed by atoms with Crippen LogP contribution < -0.4 is 0 Å². The van der Waals surface area contributed by atoms with Crippen molar-refractivity contribution in [2.45, 2.75) is 39.2 Å². The number of aryl methyl sites for hydroxylation is 3. The second-order valence-electron chi connectivity index (χ2n) is 4.96. The number of aliphatic hydroxyl groups excluding tert-OH is 1. The molecule has 1 aromatic carbocycles. The minimum absolute atomic E-state index is 0.291. The maximum atomic E-state index is 13.9. The van der Waals surface area contributed by atoms with Crippen molar-refractivity contribution in [3.05, 3.63) is 57.0 Å². The predicted octanol–water partition coefficient (Wildman–Crippen LogP) is 4.56. The first-order valence-corrected chi connectivity index (χ1v) is 7.43. The number of rotatable bonds is 5. The number of thiophene rings is 1. The highest BCUT2D eigenvalue weighted by Crippen LogP contribution is 2.27. The summed E-state index contributed by atoms with van der Waals surface area (Å²) in [5, 5.41) is 12.2. The van der Waals surface area contributed by atoms with Crippen molar-refractivity contribution in [1.82, 2.24) is 0 Å². The molecule has 0 aliphatic heterocycles. The van der Waals surface area contributed by atoms with Gasteiger partial charge in [0, 0.05) is 10.4 Å². The Morgan fingerprint density at radius 1 is 1.32 bits per heavy atom. The van der Waals surface area contributed by atoms with E-state index in [4.69, 9.17) is 0 Å². The molecule has 0 radical (unpaired) electrons. The van der Waals surface area contributed by atoms with Crippen molar-refractivity contribution in [2.24, 2.45) is 0 Å².